The molecule has 0 bridgehead atoms. The van der Waals surface area contributed by atoms with E-state index >= 15 is 0 Å². The van der Waals surface area contributed by atoms with Gasteiger partial charge in [0.2, 0.25) is 5.91 Å². The van der Waals surface area contributed by atoms with Crippen LogP contribution in [0.2, 0.25) is 0 Å². The van der Waals surface area contributed by atoms with E-state index in [0.29, 0.717) is 12.0 Å². The zero-order chi connectivity index (χ0) is 10.1. The van der Waals surface area contributed by atoms with Crippen molar-refractivity contribution in [2.75, 3.05) is 26.2 Å². The number of carbonyl (C=O) groups is 1. The Morgan fingerprint density at radius 2 is 2.29 bits per heavy atom. The number of amides is 1. The smallest absolute Gasteiger partial charge is 0.238 e. The fourth-order valence-corrected chi connectivity index (χ4v) is 2.18. The van der Waals surface area contributed by atoms with Gasteiger partial charge in [-0.15, -0.1) is 0 Å². The van der Waals surface area contributed by atoms with Gasteiger partial charge in [0.05, 0.1) is 0 Å². The SMILES string of the molecule is CC(C)C1CN2CCNC[C@H]2C(=O)N1. The zero-order valence-corrected chi connectivity index (χ0v) is 8.92. The molecule has 0 spiro atoms. The van der Waals surface area contributed by atoms with E-state index in [1.165, 1.54) is 0 Å². The van der Waals surface area contributed by atoms with Gasteiger partial charge in [-0.05, 0) is 5.92 Å². The number of nitrogens with one attached hydrogen (secondary N) is 2. The highest BCUT2D eigenvalue weighted by Crippen LogP contribution is 2.14. The Hall–Kier alpha value is -0.610. The minimum atomic E-state index is 0.0683. The van der Waals surface area contributed by atoms with Crippen LogP contribution in [0, 0.1) is 5.92 Å². The number of hydrogen-bond donors (Lipinski definition) is 2. The Labute approximate surface area is 85.0 Å². The summed E-state index contributed by atoms with van der Waals surface area (Å²) in [6, 6.07) is 0.399. The second-order valence-corrected chi connectivity index (χ2v) is 4.57. The third-order valence-electron chi connectivity index (χ3n) is 3.22. The summed E-state index contributed by atoms with van der Waals surface area (Å²) in [6.07, 6.45) is 0. The molecule has 0 aromatic carbocycles. The molecular formula is C10H19N3O. The first-order valence-electron chi connectivity index (χ1n) is 5.43. The first kappa shape index (κ1) is 9.93. The molecule has 1 unspecified atom stereocenters. The number of carbonyl (C=O) groups excluding carboxylic acids is 1. The highest BCUT2D eigenvalue weighted by molar-refractivity contribution is 5.83. The van der Waals surface area contributed by atoms with Gasteiger partial charge >= 0.3 is 0 Å². The lowest BCUT2D eigenvalue weighted by Gasteiger charge is -2.43. The lowest BCUT2D eigenvalue weighted by molar-refractivity contribution is -0.132. The summed E-state index contributed by atoms with van der Waals surface area (Å²) in [5.74, 6) is 0.719. The fourth-order valence-electron chi connectivity index (χ4n) is 2.18. The van der Waals surface area contributed by atoms with Crippen LogP contribution in [0.15, 0.2) is 0 Å². The first-order chi connectivity index (χ1) is 6.68. The molecule has 2 fully saturated rings. The predicted molar refractivity (Wildman–Crippen MR) is 55.0 cm³/mol. The summed E-state index contributed by atoms with van der Waals surface area (Å²) < 4.78 is 0. The molecule has 80 valence electrons. The van der Waals surface area contributed by atoms with E-state index < -0.39 is 0 Å². The number of hydrogen-bond acceptors (Lipinski definition) is 3. The monoisotopic (exact) mass is 197 g/mol. The maximum absolute atomic E-state index is 11.8. The number of rotatable bonds is 1. The summed E-state index contributed by atoms with van der Waals surface area (Å²) in [5, 5.41) is 6.35. The van der Waals surface area contributed by atoms with Crippen LogP contribution in [0.25, 0.3) is 0 Å². The maximum Gasteiger partial charge on any atom is 0.238 e. The van der Waals surface area contributed by atoms with Gasteiger partial charge in [-0.1, -0.05) is 13.8 Å². The Balaban J connectivity index is 2.04. The average Bonchev–Trinajstić information content (AvgIpc) is 2.17. The van der Waals surface area contributed by atoms with E-state index in [2.05, 4.69) is 29.4 Å². The van der Waals surface area contributed by atoms with Gasteiger partial charge < -0.3 is 10.6 Å². The molecule has 1 amide bonds. The van der Waals surface area contributed by atoms with Gasteiger partial charge in [-0.3, -0.25) is 9.69 Å². The predicted octanol–water partition coefficient (Wildman–Crippen LogP) is -0.585. The van der Waals surface area contributed by atoms with Crippen molar-refractivity contribution in [1.29, 1.82) is 0 Å². The van der Waals surface area contributed by atoms with Crippen LogP contribution in [-0.4, -0.2) is 49.1 Å². The summed E-state index contributed by atoms with van der Waals surface area (Å²) in [4.78, 5) is 14.1. The number of fused-ring (bicyclic) bond motifs is 1. The second kappa shape index (κ2) is 3.87. The summed E-state index contributed by atoms with van der Waals surface area (Å²) in [7, 11) is 0. The van der Waals surface area contributed by atoms with Crippen molar-refractivity contribution in [3.05, 3.63) is 0 Å². The molecule has 2 heterocycles. The summed E-state index contributed by atoms with van der Waals surface area (Å²) >= 11 is 0. The van der Waals surface area contributed by atoms with Gasteiger partial charge in [-0.25, -0.2) is 0 Å². The third kappa shape index (κ3) is 1.77. The van der Waals surface area contributed by atoms with Gasteiger partial charge in [0.15, 0.2) is 0 Å². The Bertz CT molecular complexity index is 229. The molecule has 0 aromatic rings. The molecule has 2 rings (SSSR count). The molecule has 0 aliphatic carbocycles. The maximum atomic E-state index is 11.8. The molecule has 2 N–H and O–H groups in total. The standard InChI is InChI=1S/C10H19N3O/c1-7(2)8-6-13-4-3-11-5-9(13)10(14)12-8/h7-9,11H,3-6H2,1-2H3,(H,12,14)/t8?,9-/m0/s1. The van der Waals surface area contributed by atoms with Crippen molar-refractivity contribution in [2.24, 2.45) is 5.92 Å². The highest BCUT2D eigenvalue weighted by Gasteiger charge is 2.36. The van der Waals surface area contributed by atoms with Crippen molar-refractivity contribution in [3.63, 3.8) is 0 Å². The van der Waals surface area contributed by atoms with Crippen LogP contribution in [0.3, 0.4) is 0 Å². The van der Waals surface area contributed by atoms with E-state index in [1.807, 2.05) is 0 Å². The summed E-state index contributed by atoms with van der Waals surface area (Å²) in [6.45, 7) is 8.14. The van der Waals surface area contributed by atoms with Gasteiger partial charge in [0.25, 0.3) is 0 Å². The van der Waals surface area contributed by atoms with Crippen molar-refractivity contribution in [3.8, 4) is 0 Å². The molecule has 0 radical (unpaired) electrons. The second-order valence-electron chi connectivity index (χ2n) is 4.57. The van der Waals surface area contributed by atoms with E-state index in [-0.39, 0.29) is 11.9 Å². The number of nitrogens with zero attached hydrogens (tertiary/aromatic N) is 1. The molecule has 2 atom stereocenters. The molecule has 2 saturated heterocycles. The summed E-state index contributed by atoms with van der Waals surface area (Å²) in [5.41, 5.74) is 0. The van der Waals surface area contributed by atoms with Crippen molar-refractivity contribution in [1.82, 2.24) is 15.5 Å². The van der Waals surface area contributed by atoms with Gasteiger partial charge in [0.1, 0.15) is 6.04 Å². The van der Waals surface area contributed by atoms with Gasteiger partial charge in [0, 0.05) is 32.2 Å². The normalized spacial score (nSPS) is 34.1. The van der Waals surface area contributed by atoms with Gasteiger partial charge in [-0.2, -0.15) is 0 Å². The third-order valence-corrected chi connectivity index (χ3v) is 3.22. The lowest BCUT2D eigenvalue weighted by Crippen LogP contribution is -2.67. The molecule has 4 nitrogen and oxygen atoms in total. The molecule has 2 aliphatic rings. The van der Waals surface area contributed by atoms with Crippen molar-refractivity contribution >= 4 is 5.91 Å². The first-order valence-corrected chi connectivity index (χ1v) is 5.43. The molecule has 0 saturated carbocycles. The average molecular weight is 197 g/mol. The van der Waals surface area contributed by atoms with Crippen LogP contribution >= 0.6 is 0 Å². The molecule has 2 aliphatic heterocycles. The number of piperazine rings is 2. The van der Waals surface area contributed by atoms with E-state index in [0.717, 1.165) is 26.2 Å². The van der Waals surface area contributed by atoms with Crippen LogP contribution < -0.4 is 10.6 Å². The molecule has 4 heteroatoms. The van der Waals surface area contributed by atoms with Crippen molar-refractivity contribution < 1.29 is 4.79 Å². The van der Waals surface area contributed by atoms with Crippen LogP contribution in [0.4, 0.5) is 0 Å². The van der Waals surface area contributed by atoms with Crippen LogP contribution in [0.1, 0.15) is 13.8 Å². The van der Waals surface area contributed by atoms with Crippen LogP contribution in [-0.2, 0) is 4.79 Å². The Morgan fingerprint density at radius 3 is 3.00 bits per heavy atom. The highest BCUT2D eigenvalue weighted by atomic mass is 16.2. The largest absolute Gasteiger partial charge is 0.350 e. The Kier molecular flexibility index (Phi) is 2.74. The van der Waals surface area contributed by atoms with E-state index in [1.54, 1.807) is 0 Å². The lowest BCUT2D eigenvalue weighted by atomic mass is 9.98. The fraction of sp³-hybridized carbons (Fsp3) is 0.900. The topological polar surface area (TPSA) is 44.4 Å². The Morgan fingerprint density at radius 1 is 1.50 bits per heavy atom. The zero-order valence-electron chi connectivity index (χ0n) is 8.92. The van der Waals surface area contributed by atoms with Crippen LogP contribution in [0.5, 0.6) is 0 Å². The molecule has 14 heavy (non-hydrogen) atoms. The minimum Gasteiger partial charge on any atom is -0.350 e. The minimum absolute atomic E-state index is 0.0683. The quantitative estimate of drug-likeness (QED) is 0.591. The van der Waals surface area contributed by atoms with Crippen molar-refractivity contribution in [2.45, 2.75) is 25.9 Å². The molecular weight excluding hydrogens is 178 g/mol. The van der Waals surface area contributed by atoms with E-state index in [4.69, 9.17) is 0 Å². The molecule has 0 aromatic heterocycles. The van der Waals surface area contributed by atoms with E-state index in [9.17, 15) is 4.79 Å².